The van der Waals surface area contributed by atoms with Crippen LogP contribution in [-0.4, -0.2) is 42.1 Å². The minimum absolute atomic E-state index is 0.525. The summed E-state index contributed by atoms with van der Waals surface area (Å²) >= 11 is 0. The Morgan fingerprint density at radius 1 is 1.14 bits per heavy atom. The minimum atomic E-state index is 0.525. The summed E-state index contributed by atoms with van der Waals surface area (Å²) in [6.45, 7) is 9.34. The maximum atomic E-state index is 5.88. The van der Waals surface area contributed by atoms with Gasteiger partial charge in [-0.2, -0.15) is 0 Å². The lowest BCUT2D eigenvalue weighted by Crippen LogP contribution is -2.47. The molecule has 2 N–H and O–H groups in total. The first-order chi connectivity index (χ1) is 6.61. The molecule has 2 saturated heterocycles. The summed E-state index contributed by atoms with van der Waals surface area (Å²) in [6, 6.07) is 0.694. The molecule has 1 spiro atoms. The Labute approximate surface area is 87.2 Å². The molecule has 2 aliphatic heterocycles. The van der Waals surface area contributed by atoms with Gasteiger partial charge in [0.1, 0.15) is 0 Å². The Kier molecular flexibility index (Phi) is 2.82. The van der Waals surface area contributed by atoms with Crippen LogP contribution in [0.1, 0.15) is 33.1 Å². The smallest absolute Gasteiger partial charge is 0.0197 e. The number of nitrogens with two attached hydrogens (primary N) is 1. The third-order valence-electron chi connectivity index (χ3n) is 3.89. The molecule has 2 aliphatic rings. The largest absolute Gasteiger partial charge is 0.300 e. The Morgan fingerprint density at radius 3 is 2.50 bits per heavy atom. The van der Waals surface area contributed by atoms with Gasteiger partial charge in [0.15, 0.2) is 0 Å². The molecule has 0 radical (unpaired) electrons. The highest BCUT2D eigenvalue weighted by molar-refractivity contribution is 4.94. The van der Waals surface area contributed by atoms with E-state index in [1.165, 1.54) is 32.4 Å². The first-order valence-corrected chi connectivity index (χ1v) is 5.85. The van der Waals surface area contributed by atoms with Gasteiger partial charge >= 0.3 is 0 Å². The number of likely N-dealkylation sites (tertiary alicyclic amines) is 1. The van der Waals surface area contributed by atoms with Crippen molar-refractivity contribution in [3.8, 4) is 0 Å². The van der Waals surface area contributed by atoms with Crippen molar-refractivity contribution in [2.24, 2.45) is 11.3 Å². The van der Waals surface area contributed by atoms with E-state index >= 15 is 0 Å². The Bertz CT molecular complexity index is 201. The van der Waals surface area contributed by atoms with E-state index in [0.29, 0.717) is 11.5 Å². The predicted molar refractivity (Wildman–Crippen MR) is 58.8 cm³/mol. The Morgan fingerprint density at radius 2 is 1.93 bits per heavy atom. The van der Waals surface area contributed by atoms with Crippen LogP contribution in [-0.2, 0) is 0 Å². The fourth-order valence-electron chi connectivity index (χ4n) is 2.99. The molecule has 1 unspecified atom stereocenters. The zero-order valence-corrected chi connectivity index (χ0v) is 9.50. The van der Waals surface area contributed by atoms with Crippen LogP contribution < -0.4 is 5.84 Å². The van der Waals surface area contributed by atoms with Gasteiger partial charge in [0, 0.05) is 25.7 Å². The number of hydrogen-bond acceptors (Lipinski definition) is 3. The van der Waals surface area contributed by atoms with E-state index in [1.54, 1.807) is 0 Å². The van der Waals surface area contributed by atoms with Gasteiger partial charge in [-0.05, 0) is 45.1 Å². The maximum Gasteiger partial charge on any atom is 0.0197 e. The molecule has 2 heterocycles. The highest BCUT2D eigenvalue weighted by Crippen LogP contribution is 2.38. The fourth-order valence-corrected chi connectivity index (χ4v) is 2.99. The van der Waals surface area contributed by atoms with Gasteiger partial charge in [-0.1, -0.05) is 0 Å². The standard InChI is InChI=1S/C11H23N3/c1-10(2)13-6-3-4-11(8-13)5-7-14(12)9-11/h10H,3-9,12H2,1-2H3. The van der Waals surface area contributed by atoms with Crippen LogP contribution >= 0.6 is 0 Å². The third kappa shape index (κ3) is 1.95. The van der Waals surface area contributed by atoms with Gasteiger partial charge in [-0.3, -0.25) is 5.84 Å². The molecule has 0 aromatic heterocycles. The van der Waals surface area contributed by atoms with Crippen molar-refractivity contribution < 1.29 is 0 Å². The van der Waals surface area contributed by atoms with Crippen molar-refractivity contribution in [1.29, 1.82) is 0 Å². The first kappa shape index (κ1) is 10.4. The van der Waals surface area contributed by atoms with Crippen molar-refractivity contribution in [2.75, 3.05) is 26.2 Å². The quantitative estimate of drug-likeness (QED) is 0.638. The zero-order chi connectivity index (χ0) is 10.2. The molecule has 14 heavy (non-hydrogen) atoms. The summed E-state index contributed by atoms with van der Waals surface area (Å²) in [7, 11) is 0. The van der Waals surface area contributed by atoms with Gasteiger partial charge in [-0.25, -0.2) is 5.01 Å². The van der Waals surface area contributed by atoms with Crippen LogP contribution in [0.25, 0.3) is 0 Å². The monoisotopic (exact) mass is 197 g/mol. The normalized spacial score (nSPS) is 36.0. The number of hydrazine groups is 1. The molecule has 3 heteroatoms. The topological polar surface area (TPSA) is 32.5 Å². The van der Waals surface area contributed by atoms with Crippen molar-refractivity contribution in [1.82, 2.24) is 9.91 Å². The molecule has 0 aliphatic carbocycles. The van der Waals surface area contributed by atoms with Crippen LogP contribution in [0.5, 0.6) is 0 Å². The van der Waals surface area contributed by atoms with Crippen LogP contribution in [0.4, 0.5) is 0 Å². The van der Waals surface area contributed by atoms with E-state index in [-0.39, 0.29) is 0 Å². The van der Waals surface area contributed by atoms with Crippen LogP contribution in [0, 0.1) is 5.41 Å². The lowest BCUT2D eigenvalue weighted by atomic mass is 9.79. The molecular weight excluding hydrogens is 174 g/mol. The summed E-state index contributed by atoms with van der Waals surface area (Å²) in [5.41, 5.74) is 0.525. The number of rotatable bonds is 1. The van der Waals surface area contributed by atoms with E-state index in [9.17, 15) is 0 Å². The summed E-state index contributed by atoms with van der Waals surface area (Å²) in [4.78, 5) is 2.61. The van der Waals surface area contributed by atoms with Gasteiger partial charge in [0.25, 0.3) is 0 Å². The van der Waals surface area contributed by atoms with Crippen molar-refractivity contribution in [3.05, 3.63) is 0 Å². The molecule has 2 fully saturated rings. The van der Waals surface area contributed by atoms with E-state index in [1.807, 2.05) is 5.01 Å². The molecule has 0 bridgehead atoms. The average molecular weight is 197 g/mol. The number of piperidine rings is 1. The summed E-state index contributed by atoms with van der Waals surface area (Å²) < 4.78 is 0. The first-order valence-electron chi connectivity index (χ1n) is 5.85. The second-order valence-electron chi connectivity index (χ2n) is 5.39. The minimum Gasteiger partial charge on any atom is -0.300 e. The van der Waals surface area contributed by atoms with Crippen molar-refractivity contribution >= 4 is 0 Å². The number of nitrogens with zero attached hydrogens (tertiary/aromatic N) is 2. The third-order valence-corrected chi connectivity index (χ3v) is 3.89. The second kappa shape index (κ2) is 3.80. The Balaban J connectivity index is 1.99. The lowest BCUT2D eigenvalue weighted by molar-refractivity contribution is 0.0708. The zero-order valence-electron chi connectivity index (χ0n) is 9.50. The van der Waals surface area contributed by atoms with E-state index in [2.05, 4.69) is 18.7 Å². The summed E-state index contributed by atoms with van der Waals surface area (Å²) in [5.74, 6) is 5.88. The molecular formula is C11H23N3. The van der Waals surface area contributed by atoms with E-state index < -0.39 is 0 Å². The summed E-state index contributed by atoms with van der Waals surface area (Å²) in [6.07, 6.45) is 4.03. The Hall–Kier alpha value is -0.120. The van der Waals surface area contributed by atoms with Gasteiger partial charge in [0.05, 0.1) is 0 Å². The maximum absolute atomic E-state index is 5.88. The van der Waals surface area contributed by atoms with E-state index in [0.717, 1.165) is 13.1 Å². The molecule has 3 nitrogen and oxygen atoms in total. The molecule has 82 valence electrons. The molecule has 0 saturated carbocycles. The predicted octanol–water partition coefficient (Wildman–Crippen LogP) is 1.06. The van der Waals surface area contributed by atoms with Gasteiger partial charge in [0.2, 0.25) is 0 Å². The molecule has 0 aromatic carbocycles. The van der Waals surface area contributed by atoms with Gasteiger partial charge in [-0.15, -0.1) is 0 Å². The van der Waals surface area contributed by atoms with Crippen molar-refractivity contribution in [3.63, 3.8) is 0 Å². The van der Waals surface area contributed by atoms with Gasteiger partial charge < -0.3 is 4.90 Å². The van der Waals surface area contributed by atoms with Crippen LogP contribution in [0.2, 0.25) is 0 Å². The molecule has 1 atom stereocenters. The SMILES string of the molecule is CC(C)N1CCCC2(CCN(N)C2)C1. The fraction of sp³-hybridized carbons (Fsp3) is 1.00. The molecule has 0 amide bonds. The van der Waals surface area contributed by atoms with Crippen LogP contribution in [0.3, 0.4) is 0 Å². The van der Waals surface area contributed by atoms with Crippen LogP contribution in [0.15, 0.2) is 0 Å². The summed E-state index contributed by atoms with van der Waals surface area (Å²) in [5, 5.41) is 2.00. The number of hydrogen-bond donors (Lipinski definition) is 1. The highest BCUT2D eigenvalue weighted by atomic mass is 15.4. The van der Waals surface area contributed by atoms with E-state index in [4.69, 9.17) is 5.84 Å². The molecule has 2 rings (SSSR count). The highest BCUT2D eigenvalue weighted by Gasteiger charge is 2.40. The van der Waals surface area contributed by atoms with Crippen molar-refractivity contribution in [2.45, 2.75) is 39.2 Å². The molecule has 0 aromatic rings. The second-order valence-corrected chi connectivity index (χ2v) is 5.39. The average Bonchev–Trinajstić information content (AvgIpc) is 2.47. The lowest BCUT2D eigenvalue weighted by Gasteiger charge is -2.42.